The molecule has 0 aliphatic heterocycles. The van der Waals surface area contributed by atoms with Crippen LogP contribution in [0.4, 0.5) is 0 Å². The average Bonchev–Trinajstić information content (AvgIpc) is 3.42. The van der Waals surface area contributed by atoms with Gasteiger partial charge in [-0.25, -0.2) is 19.2 Å². The first-order chi connectivity index (χ1) is 36.9. The first-order valence-corrected chi connectivity index (χ1v) is 24.9. The Morgan fingerprint density at radius 2 is 0.387 bits per heavy atom. The molecule has 0 saturated carbocycles. The van der Waals surface area contributed by atoms with Crippen LogP contribution in [0, 0.1) is 0 Å². The molecular formula is C50H86O25. The zero-order valence-electron chi connectivity index (χ0n) is 44.0. The number of hydrogen-bond acceptors (Lipinski definition) is 25. The summed E-state index contributed by atoms with van der Waals surface area (Å²) in [6.07, 6.45) is 3.46. The predicted octanol–water partition coefficient (Wildman–Crippen LogP) is 0.923. The van der Waals surface area contributed by atoms with Gasteiger partial charge in [-0.05, 0) is 0 Å². The minimum absolute atomic E-state index is 0.137. The van der Waals surface area contributed by atoms with Crippen molar-refractivity contribution in [3.8, 4) is 0 Å². The molecule has 0 aromatic carbocycles. The van der Waals surface area contributed by atoms with E-state index in [1.54, 1.807) is 0 Å². The van der Waals surface area contributed by atoms with Crippen molar-refractivity contribution >= 4 is 23.9 Å². The zero-order valence-corrected chi connectivity index (χ0v) is 44.0. The molecule has 0 fully saturated rings. The fourth-order valence-corrected chi connectivity index (χ4v) is 5.04. The third-order valence-electron chi connectivity index (χ3n) is 8.65. The molecule has 2 unspecified atom stereocenters. The topological polar surface area (TPSA) is 262 Å². The lowest BCUT2D eigenvalue weighted by molar-refractivity contribution is -0.140. The number of esters is 4. The molecule has 0 radical (unpaired) electrons. The Labute approximate surface area is 442 Å². The van der Waals surface area contributed by atoms with Crippen LogP contribution >= 0.6 is 0 Å². The lowest BCUT2D eigenvalue weighted by Gasteiger charge is -2.22. The standard InChI is InChI=1S/C50H86O25/c1-5-47(51)72-37-31-63-21-15-55-9-11-59-25-27-67-41-45(70-35-29-61-19-13-57-17-23-65-33-39-74-49(53)7-3)43-69-44-46(71-36-30-62-20-14-58-18-24-66-34-40-75-50(54)8-4)42-68-28-26-60-12-10-56-16-22-64-32-38-73-48(52)6-2/h5-8,45-46H,1-4,9-44H2. The van der Waals surface area contributed by atoms with Gasteiger partial charge in [0.25, 0.3) is 0 Å². The van der Waals surface area contributed by atoms with Crippen LogP contribution in [-0.4, -0.2) is 274 Å². The van der Waals surface area contributed by atoms with Crippen LogP contribution in [0.15, 0.2) is 50.6 Å². The Balaban J connectivity index is 4.85. The highest BCUT2D eigenvalue weighted by Crippen LogP contribution is 2.02. The summed E-state index contributed by atoms with van der Waals surface area (Å²) >= 11 is 0. The van der Waals surface area contributed by atoms with Gasteiger partial charge in [-0.1, -0.05) is 26.3 Å². The molecule has 0 N–H and O–H groups in total. The summed E-state index contributed by atoms with van der Waals surface area (Å²) in [5.41, 5.74) is 0. The summed E-state index contributed by atoms with van der Waals surface area (Å²) in [7, 11) is 0. The Morgan fingerprint density at radius 3 is 0.587 bits per heavy atom. The molecule has 0 spiro atoms. The van der Waals surface area contributed by atoms with Crippen molar-refractivity contribution in [2.75, 3.05) is 238 Å². The number of carbonyl (C=O) groups is 4. The van der Waals surface area contributed by atoms with Crippen LogP contribution in [0.1, 0.15) is 0 Å². The van der Waals surface area contributed by atoms with Gasteiger partial charge in [0, 0.05) is 24.3 Å². The maximum absolute atomic E-state index is 11.1. The average molecular weight is 1090 g/mol. The van der Waals surface area contributed by atoms with E-state index in [2.05, 4.69) is 26.3 Å². The van der Waals surface area contributed by atoms with Crippen molar-refractivity contribution in [3.63, 3.8) is 0 Å². The summed E-state index contributed by atoms with van der Waals surface area (Å²) in [5.74, 6) is -2.00. The summed E-state index contributed by atoms with van der Waals surface area (Å²) < 4.78 is 115. The lowest BCUT2D eigenvalue weighted by atomic mass is 10.3. The fraction of sp³-hybridized carbons (Fsp3) is 0.760. The van der Waals surface area contributed by atoms with Crippen molar-refractivity contribution in [2.45, 2.75) is 12.2 Å². The highest BCUT2D eigenvalue weighted by molar-refractivity contribution is 5.82. The van der Waals surface area contributed by atoms with Crippen molar-refractivity contribution < 1.29 is 119 Å². The van der Waals surface area contributed by atoms with E-state index in [1.165, 1.54) is 0 Å². The molecule has 25 nitrogen and oxygen atoms in total. The van der Waals surface area contributed by atoms with E-state index in [1.807, 2.05) is 0 Å². The highest BCUT2D eigenvalue weighted by atomic mass is 16.6. The van der Waals surface area contributed by atoms with Gasteiger partial charge in [0.05, 0.1) is 211 Å². The number of ether oxygens (including phenoxy) is 21. The first kappa shape index (κ1) is 71.2. The third-order valence-corrected chi connectivity index (χ3v) is 8.65. The second kappa shape index (κ2) is 59.4. The molecule has 0 amide bonds. The van der Waals surface area contributed by atoms with Gasteiger partial charge in [0.2, 0.25) is 0 Å². The van der Waals surface area contributed by atoms with E-state index < -0.39 is 36.1 Å². The maximum Gasteiger partial charge on any atom is 0.330 e. The van der Waals surface area contributed by atoms with Crippen molar-refractivity contribution in [1.82, 2.24) is 0 Å². The van der Waals surface area contributed by atoms with E-state index in [0.29, 0.717) is 145 Å². The van der Waals surface area contributed by atoms with Gasteiger partial charge in [0.15, 0.2) is 0 Å². The van der Waals surface area contributed by atoms with Crippen LogP contribution in [0.3, 0.4) is 0 Å². The summed E-state index contributed by atoms with van der Waals surface area (Å²) in [6, 6.07) is 0. The van der Waals surface area contributed by atoms with Crippen molar-refractivity contribution in [1.29, 1.82) is 0 Å². The lowest BCUT2D eigenvalue weighted by Crippen LogP contribution is -2.32. The Hall–Kier alpha value is -3.84. The minimum atomic E-state index is -0.502. The summed E-state index contributed by atoms with van der Waals surface area (Å²) in [4.78, 5) is 44.2. The summed E-state index contributed by atoms with van der Waals surface area (Å²) in [6.45, 7) is 23.8. The molecule has 0 aromatic heterocycles. The van der Waals surface area contributed by atoms with Gasteiger partial charge in [-0.3, -0.25) is 0 Å². The largest absolute Gasteiger partial charge is 0.460 e. The van der Waals surface area contributed by atoms with E-state index in [9.17, 15) is 19.2 Å². The van der Waals surface area contributed by atoms with E-state index in [4.69, 9.17) is 99.5 Å². The highest BCUT2D eigenvalue weighted by Gasteiger charge is 2.15. The quantitative estimate of drug-likeness (QED) is 0.0355. The first-order valence-electron chi connectivity index (χ1n) is 24.9. The molecule has 0 aliphatic carbocycles. The van der Waals surface area contributed by atoms with Gasteiger partial charge in [-0.2, -0.15) is 0 Å². The van der Waals surface area contributed by atoms with Crippen LogP contribution in [-0.2, 0) is 119 Å². The third kappa shape index (κ3) is 56.2. The zero-order chi connectivity index (χ0) is 54.6. The van der Waals surface area contributed by atoms with Crippen LogP contribution < -0.4 is 0 Å². The van der Waals surface area contributed by atoms with Gasteiger partial charge in [0.1, 0.15) is 38.6 Å². The van der Waals surface area contributed by atoms with Crippen molar-refractivity contribution in [3.05, 3.63) is 50.6 Å². The SMILES string of the molecule is C=CC(=O)OCCOCCOCCOCCOCC(COCC(COCCOCCOCCOCCOC(=O)C=C)OCCOCCOCCOCCOC(=O)C=C)OCCOCCOCCOCCOC(=O)C=C. The molecule has 25 heteroatoms. The van der Waals surface area contributed by atoms with E-state index in [-0.39, 0.29) is 92.5 Å². The molecular weight excluding hydrogens is 1000 g/mol. The number of hydrogen-bond donors (Lipinski definition) is 0. The maximum atomic E-state index is 11.1. The van der Waals surface area contributed by atoms with Gasteiger partial charge >= 0.3 is 23.9 Å². The van der Waals surface area contributed by atoms with Crippen LogP contribution in [0.25, 0.3) is 0 Å². The molecule has 0 aromatic rings. The van der Waals surface area contributed by atoms with E-state index in [0.717, 1.165) is 24.3 Å². The molecule has 75 heavy (non-hydrogen) atoms. The number of rotatable bonds is 62. The molecule has 2 atom stereocenters. The second-order valence-electron chi connectivity index (χ2n) is 14.5. The van der Waals surface area contributed by atoms with Crippen molar-refractivity contribution in [2.24, 2.45) is 0 Å². The molecule has 436 valence electrons. The fourth-order valence-electron chi connectivity index (χ4n) is 5.04. The predicted molar refractivity (Wildman–Crippen MR) is 266 cm³/mol. The minimum Gasteiger partial charge on any atom is -0.460 e. The van der Waals surface area contributed by atoms with Gasteiger partial charge < -0.3 is 99.5 Å². The molecule has 0 heterocycles. The molecule has 0 aliphatic rings. The number of carbonyl (C=O) groups excluding carboxylic acids is 4. The normalized spacial score (nSPS) is 11.9. The van der Waals surface area contributed by atoms with Crippen LogP contribution in [0.2, 0.25) is 0 Å². The van der Waals surface area contributed by atoms with Gasteiger partial charge in [-0.15, -0.1) is 0 Å². The van der Waals surface area contributed by atoms with E-state index >= 15 is 0 Å². The Kier molecular flexibility index (Phi) is 56.4. The monoisotopic (exact) mass is 1090 g/mol. The Bertz CT molecular complexity index is 1260. The van der Waals surface area contributed by atoms with Crippen LogP contribution in [0.5, 0.6) is 0 Å². The molecule has 0 bridgehead atoms. The summed E-state index contributed by atoms with van der Waals surface area (Å²) in [5, 5.41) is 0. The second-order valence-corrected chi connectivity index (χ2v) is 14.5. The molecule has 0 saturated heterocycles. The smallest absolute Gasteiger partial charge is 0.330 e. The Morgan fingerprint density at radius 1 is 0.227 bits per heavy atom. The molecule has 0 rings (SSSR count).